The van der Waals surface area contributed by atoms with Gasteiger partial charge in [0.2, 0.25) is 5.91 Å². The molecule has 1 unspecified atom stereocenters. The summed E-state index contributed by atoms with van der Waals surface area (Å²) in [4.78, 5) is 29.1. The van der Waals surface area contributed by atoms with Crippen LogP contribution in [0.2, 0.25) is 0 Å². The van der Waals surface area contributed by atoms with Crippen LogP contribution < -0.4 is 5.32 Å². The Morgan fingerprint density at radius 3 is 2.70 bits per heavy atom. The van der Waals surface area contributed by atoms with Crippen molar-refractivity contribution in [3.63, 3.8) is 0 Å². The molecule has 1 atom stereocenters. The van der Waals surface area contributed by atoms with Gasteiger partial charge in [0.05, 0.1) is 23.9 Å². The molecule has 6 nitrogen and oxygen atoms in total. The lowest BCUT2D eigenvalue weighted by molar-refractivity contribution is -0.121. The third-order valence-electron chi connectivity index (χ3n) is 3.16. The van der Waals surface area contributed by atoms with Crippen molar-refractivity contribution >= 4 is 17.2 Å². The van der Waals surface area contributed by atoms with Crippen LogP contribution in [0.1, 0.15) is 24.4 Å². The number of hydrogen-bond donors (Lipinski definition) is 1. The minimum atomic E-state index is -0.140. The van der Waals surface area contributed by atoms with Crippen LogP contribution in [0, 0.1) is 0 Å². The van der Waals surface area contributed by atoms with Gasteiger partial charge in [-0.25, -0.2) is 15.0 Å². The molecule has 3 heterocycles. The van der Waals surface area contributed by atoms with Crippen molar-refractivity contribution in [3.05, 3.63) is 59.6 Å². The van der Waals surface area contributed by atoms with Gasteiger partial charge in [-0.15, -0.1) is 11.3 Å². The third-order valence-corrected chi connectivity index (χ3v) is 4.05. The zero-order valence-electron chi connectivity index (χ0n) is 12.5. The second-order valence-electron chi connectivity index (χ2n) is 4.94. The molecule has 0 aliphatic heterocycles. The first kappa shape index (κ1) is 15.2. The highest BCUT2D eigenvalue weighted by atomic mass is 32.1. The highest BCUT2D eigenvalue weighted by Gasteiger charge is 2.13. The Kier molecular flexibility index (Phi) is 4.68. The summed E-state index contributed by atoms with van der Waals surface area (Å²) >= 11 is 1.43. The first-order valence-corrected chi connectivity index (χ1v) is 8.02. The maximum Gasteiger partial charge on any atom is 0.226 e. The van der Waals surface area contributed by atoms with E-state index < -0.39 is 0 Å². The molecule has 1 amide bonds. The number of nitrogens with one attached hydrogen (secondary N) is 1. The summed E-state index contributed by atoms with van der Waals surface area (Å²) < 4.78 is 0. The van der Waals surface area contributed by atoms with E-state index in [4.69, 9.17) is 0 Å². The Bertz CT molecular complexity index is 775. The Hall–Kier alpha value is -2.67. The minimum absolute atomic E-state index is 0.0889. The quantitative estimate of drug-likeness (QED) is 0.779. The van der Waals surface area contributed by atoms with Gasteiger partial charge >= 0.3 is 0 Å². The number of carbonyl (C=O) groups excluding carboxylic acids is 1. The molecular formula is C16H15N5OS. The summed E-state index contributed by atoms with van der Waals surface area (Å²) in [6.45, 7) is 1.91. The van der Waals surface area contributed by atoms with E-state index in [1.54, 1.807) is 24.7 Å². The summed E-state index contributed by atoms with van der Waals surface area (Å²) in [7, 11) is 0. The molecule has 7 heteroatoms. The van der Waals surface area contributed by atoms with Crippen LogP contribution in [-0.4, -0.2) is 25.8 Å². The monoisotopic (exact) mass is 325 g/mol. The second-order valence-corrected chi connectivity index (χ2v) is 5.80. The van der Waals surface area contributed by atoms with Crippen molar-refractivity contribution in [2.24, 2.45) is 0 Å². The molecule has 23 heavy (non-hydrogen) atoms. The Labute approximate surface area is 137 Å². The maximum absolute atomic E-state index is 12.1. The number of nitrogens with zero attached hydrogens (tertiary/aromatic N) is 4. The van der Waals surface area contributed by atoms with Crippen LogP contribution in [-0.2, 0) is 11.2 Å². The number of amides is 1. The standard InChI is InChI=1S/C16H15N5OS/c1-11(13-5-2-3-6-17-13)20-14(22)9-12-10-23-16(21-12)15-18-7-4-8-19-15/h2-8,10-11H,9H2,1H3,(H,20,22). The van der Waals surface area contributed by atoms with Crippen LogP contribution in [0.4, 0.5) is 0 Å². The Morgan fingerprint density at radius 2 is 1.96 bits per heavy atom. The van der Waals surface area contributed by atoms with Gasteiger partial charge in [-0.2, -0.15) is 0 Å². The number of hydrogen-bond acceptors (Lipinski definition) is 6. The zero-order valence-corrected chi connectivity index (χ0v) is 13.3. The van der Waals surface area contributed by atoms with Gasteiger partial charge in [-0.3, -0.25) is 9.78 Å². The summed E-state index contributed by atoms with van der Waals surface area (Å²) in [6.07, 6.45) is 5.28. The predicted octanol–water partition coefficient (Wildman–Crippen LogP) is 2.42. The molecule has 0 spiro atoms. The van der Waals surface area contributed by atoms with Gasteiger partial charge in [-0.05, 0) is 25.1 Å². The predicted molar refractivity (Wildman–Crippen MR) is 87.6 cm³/mol. The molecule has 0 saturated heterocycles. The Morgan fingerprint density at radius 1 is 1.17 bits per heavy atom. The van der Waals surface area contributed by atoms with Gasteiger partial charge < -0.3 is 5.32 Å². The highest BCUT2D eigenvalue weighted by Crippen LogP contribution is 2.20. The van der Waals surface area contributed by atoms with Crippen molar-refractivity contribution in [3.8, 4) is 10.8 Å². The van der Waals surface area contributed by atoms with Crippen molar-refractivity contribution in [2.45, 2.75) is 19.4 Å². The van der Waals surface area contributed by atoms with Gasteiger partial charge in [-0.1, -0.05) is 6.07 Å². The lowest BCUT2D eigenvalue weighted by Gasteiger charge is -2.12. The normalized spacial score (nSPS) is 11.9. The fourth-order valence-electron chi connectivity index (χ4n) is 2.06. The summed E-state index contributed by atoms with van der Waals surface area (Å²) in [6, 6.07) is 7.25. The van der Waals surface area contributed by atoms with Crippen LogP contribution >= 0.6 is 11.3 Å². The molecule has 0 aliphatic carbocycles. The van der Waals surface area contributed by atoms with E-state index in [1.165, 1.54) is 11.3 Å². The molecule has 116 valence electrons. The molecule has 0 saturated carbocycles. The van der Waals surface area contributed by atoms with Crippen LogP contribution in [0.15, 0.2) is 48.2 Å². The summed E-state index contributed by atoms with van der Waals surface area (Å²) in [5, 5.41) is 5.50. The van der Waals surface area contributed by atoms with Crippen molar-refractivity contribution in [1.82, 2.24) is 25.3 Å². The van der Waals surface area contributed by atoms with Crippen molar-refractivity contribution in [2.75, 3.05) is 0 Å². The molecular weight excluding hydrogens is 310 g/mol. The average Bonchev–Trinajstić information content (AvgIpc) is 3.04. The lowest BCUT2D eigenvalue weighted by Crippen LogP contribution is -2.28. The van der Waals surface area contributed by atoms with E-state index in [2.05, 4.69) is 25.3 Å². The van der Waals surface area contributed by atoms with E-state index in [-0.39, 0.29) is 18.4 Å². The number of thiazole rings is 1. The Balaban J connectivity index is 1.61. The summed E-state index contributed by atoms with van der Waals surface area (Å²) in [5.41, 5.74) is 1.54. The first-order chi connectivity index (χ1) is 11.2. The summed E-state index contributed by atoms with van der Waals surface area (Å²) in [5.74, 6) is 0.486. The number of pyridine rings is 1. The van der Waals surface area contributed by atoms with Crippen LogP contribution in [0.3, 0.4) is 0 Å². The lowest BCUT2D eigenvalue weighted by atomic mass is 10.2. The van der Waals surface area contributed by atoms with E-state index in [9.17, 15) is 4.79 Å². The van der Waals surface area contributed by atoms with Gasteiger partial charge in [0.15, 0.2) is 10.8 Å². The SMILES string of the molecule is CC(NC(=O)Cc1csc(-c2ncccn2)n1)c1ccccn1. The number of rotatable bonds is 5. The molecule has 3 aromatic heterocycles. The van der Waals surface area contributed by atoms with Crippen LogP contribution in [0.25, 0.3) is 10.8 Å². The molecule has 0 aromatic carbocycles. The maximum atomic E-state index is 12.1. The van der Waals surface area contributed by atoms with E-state index in [1.807, 2.05) is 30.5 Å². The van der Waals surface area contributed by atoms with Gasteiger partial charge in [0.25, 0.3) is 0 Å². The molecule has 0 radical (unpaired) electrons. The molecule has 3 rings (SSSR count). The largest absolute Gasteiger partial charge is 0.348 e. The second kappa shape index (κ2) is 7.06. The van der Waals surface area contributed by atoms with E-state index >= 15 is 0 Å². The van der Waals surface area contributed by atoms with E-state index in [0.29, 0.717) is 16.5 Å². The van der Waals surface area contributed by atoms with Gasteiger partial charge in [0.1, 0.15) is 0 Å². The third kappa shape index (κ3) is 3.95. The molecule has 1 N–H and O–H groups in total. The fourth-order valence-corrected chi connectivity index (χ4v) is 2.83. The molecule has 0 aliphatic rings. The number of aromatic nitrogens is 4. The highest BCUT2D eigenvalue weighted by molar-refractivity contribution is 7.13. The van der Waals surface area contributed by atoms with Crippen molar-refractivity contribution in [1.29, 1.82) is 0 Å². The molecule has 3 aromatic rings. The zero-order chi connectivity index (χ0) is 16.1. The van der Waals surface area contributed by atoms with Crippen molar-refractivity contribution < 1.29 is 4.79 Å². The average molecular weight is 325 g/mol. The smallest absolute Gasteiger partial charge is 0.226 e. The fraction of sp³-hybridized carbons (Fsp3) is 0.188. The topological polar surface area (TPSA) is 80.7 Å². The van der Waals surface area contributed by atoms with Crippen LogP contribution in [0.5, 0.6) is 0 Å². The molecule has 0 bridgehead atoms. The first-order valence-electron chi connectivity index (χ1n) is 7.14. The molecule has 0 fully saturated rings. The number of carbonyl (C=O) groups is 1. The minimum Gasteiger partial charge on any atom is -0.348 e. The van der Waals surface area contributed by atoms with Gasteiger partial charge in [0, 0.05) is 24.0 Å². The van der Waals surface area contributed by atoms with E-state index in [0.717, 1.165) is 5.69 Å².